The standard InChI is InChI=1S/C18H16BrN3O5/c1-27-15-9-14(19)8-13(17(15)24)10-20-21-18(25)12-5-2-11(3-6-12)4-7-16(23)22-26/h2-10,24,26H,1H3,(H,21,25)(H,22,23)/b7-4+,20-10+. The lowest BCUT2D eigenvalue weighted by Crippen LogP contribution is -2.17. The van der Waals surface area contributed by atoms with Crippen LogP contribution in [0.5, 0.6) is 11.5 Å². The van der Waals surface area contributed by atoms with Crippen molar-refractivity contribution < 1.29 is 24.6 Å². The number of phenols is 1. The highest BCUT2D eigenvalue weighted by atomic mass is 79.9. The van der Waals surface area contributed by atoms with Gasteiger partial charge in [-0.3, -0.25) is 14.8 Å². The Hall–Kier alpha value is -3.17. The van der Waals surface area contributed by atoms with Crippen molar-refractivity contribution in [1.29, 1.82) is 0 Å². The number of hydrogen-bond acceptors (Lipinski definition) is 6. The molecule has 2 aromatic rings. The van der Waals surface area contributed by atoms with Crippen LogP contribution in [0, 0.1) is 0 Å². The van der Waals surface area contributed by atoms with Gasteiger partial charge in [0.1, 0.15) is 0 Å². The van der Waals surface area contributed by atoms with Crippen LogP contribution < -0.4 is 15.6 Å². The molecule has 0 aliphatic heterocycles. The van der Waals surface area contributed by atoms with Gasteiger partial charge in [-0.25, -0.2) is 10.9 Å². The lowest BCUT2D eigenvalue weighted by molar-refractivity contribution is -0.124. The van der Waals surface area contributed by atoms with E-state index >= 15 is 0 Å². The summed E-state index contributed by atoms with van der Waals surface area (Å²) in [5, 5.41) is 22.3. The molecule has 2 rings (SSSR count). The molecule has 140 valence electrons. The van der Waals surface area contributed by atoms with Gasteiger partial charge >= 0.3 is 0 Å². The summed E-state index contributed by atoms with van der Waals surface area (Å²) in [5.41, 5.74) is 5.23. The van der Waals surface area contributed by atoms with E-state index in [1.54, 1.807) is 36.4 Å². The van der Waals surface area contributed by atoms with Gasteiger partial charge in [0, 0.05) is 21.7 Å². The van der Waals surface area contributed by atoms with Crippen LogP contribution in [0.1, 0.15) is 21.5 Å². The number of benzene rings is 2. The molecule has 27 heavy (non-hydrogen) atoms. The van der Waals surface area contributed by atoms with Crippen LogP contribution >= 0.6 is 15.9 Å². The van der Waals surface area contributed by atoms with Crippen molar-refractivity contribution >= 4 is 40.0 Å². The summed E-state index contributed by atoms with van der Waals surface area (Å²) in [7, 11) is 1.43. The van der Waals surface area contributed by atoms with Gasteiger partial charge in [-0.15, -0.1) is 0 Å². The molecule has 0 aliphatic carbocycles. The minimum absolute atomic E-state index is 0.0956. The molecular weight excluding hydrogens is 418 g/mol. The van der Waals surface area contributed by atoms with Gasteiger partial charge in [-0.05, 0) is 35.9 Å². The molecule has 0 saturated heterocycles. The normalized spacial score (nSPS) is 10.9. The fraction of sp³-hybridized carbons (Fsp3) is 0.0556. The van der Waals surface area contributed by atoms with Gasteiger partial charge in [0.2, 0.25) is 0 Å². The fourth-order valence-corrected chi connectivity index (χ4v) is 2.48. The number of hydroxylamine groups is 1. The van der Waals surface area contributed by atoms with Gasteiger partial charge in [0.05, 0.1) is 13.3 Å². The Morgan fingerprint density at radius 1 is 1.22 bits per heavy atom. The van der Waals surface area contributed by atoms with Crippen molar-refractivity contribution in [3.05, 3.63) is 63.6 Å². The molecule has 9 heteroatoms. The molecule has 0 spiro atoms. The monoisotopic (exact) mass is 433 g/mol. The van der Waals surface area contributed by atoms with Crippen LogP contribution in [-0.2, 0) is 4.79 Å². The maximum Gasteiger partial charge on any atom is 0.271 e. The van der Waals surface area contributed by atoms with Crippen molar-refractivity contribution in [2.75, 3.05) is 7.11 Å². The summed E-state index contributed by atoms with van der Waals surface area (Å²) >= 11 is 3.29. The van der Waals surface area contributed by atoms with Gasteiger partial charge in [0.15, 0.2) is 11.5 Å². The number of ether oxygens (including phenoxy) is 1. The van der Waals surface area contributed by atoms with E-state index in [-0.39, 0.29) is 11.5 Å². The third kappa shape index (κ3) is 5.66. The van der Waals surface area contributed by atoms with E-state index in [4.69, 9.17) is 9.94 Å². The first-order chi connectivity index (χ1) is 12.9. The number of halogens is 1. The van der Waals surface area contributed by atoms with E-state index in [1.165, 1.54) is 24.9 Å². The van der Waals surface area contributed by atoms with Crippen molar-refractivity contribution in [2.24, 2.45) is 5.10 Å². The average Bonchev–Trinajstić information content (AvgIpc) is 2.68. The van der Waals surface area contributed by atoms with Crippen molar-refractivity contribution in [1.82, 2.24) is 10.9 Å². The van der Waals surface area contributed by atoms with E-state index < -0.39 is 11.8 Å². The lowest BCUT2D eigenvalue weighted by atomic mass is 10.1. The van der Waals surface area contributed by atoms with Crippen LogP contribution in [-0.4, -0.2) is 35.5 Å². The molecule has 2 amide bonds. The summed E-state index contributed by atoms with van der Waals surface area (Å²) in [5.74, 6) is -0.924. The molecule has 0 fully saturated rings. The number of hydrazone groups is 1. The van der Waals surface area contributed by atoms with Gasteiger partial charge in [-0.2, -0.15) is 5.10 Å². The third-order valence-electron chi connectivity index (χ3n) is 3.37. The molecule has 0 saturated carbocycles. The molecule has 0 radical (unpaired) electrons. The Morgan fingerprint density at radius 3 is 2.56 bits per heavy atom. The van der Waals surface area contributed by atoms with E-state index in [9.17, 15) is 14.7 Å². The van der Waals surface area contributed by atoms with E-state index in [1.807, 2.05) is 0 Å². The summed E-state index contributed by atoms with van der Waals surface area (Å²) in [6.45, 7) is 0. The summed E-state index contributed by atoms with van der Waals surface area (Å²) in [6.07, 6.45) is 3.93. The van der Waals surface area contributed by atoms with Crippen molar-refractivity contribution in [3.63, 3.8) is 0 Å². The van der Waals surface area contributed by atoms with E-state index in [0.717, 1.165) is 6.08 Å². The van der Waals surface area contributed by atoms with Crippen molar-refractivity contribution in [3.8, 4) is 11.5 Å². The van der Waals surface area contributed by atoms with Crippen LogP contribution in [0.15, 0.2) is 52.0 Å². The maximum atomic E-state index is 12.1. The maximum absolute atomic E-state index is 12.1. The zero-order valence-electron chi connectivity index (χ0n) is 14.1. The van der Waals surface area contributed by atoms with Gasteiger partial charge in [-0.1, -0.05) is 28.1 Å². The molecule has 0 atom stereocenters. The molecule has 0 unspecified atom stereocenters. The number of carbonyl (C=O) groups is 2. The molecule has 0 aromatic heterocycles. The van der Waals surface area contributed by atoms with Gasteiger partial charge in [0.25, 0.3) is 11.8 Å². The smallest absolute Gasteiger partial charge is 0.271 e. The first kappa shape index (κ1) is 20.1. The zero-order valence-corrected chi connectivity index (χ0v) is 15.7. The number of carbonyl (C=O) groups excluding carboxylic acids is 2. The molecule has 0 aliphatic rings. The minimum Gasteiger partial charge on any atom is -0.504 e. The van der Waals surface area contributed by atoms with Crippen LogP contribution in [0.2, 0.25) is 0 Å². The first-order valence-electron chi connectivity index (χ1n) is 7.56. The third-order valence-corrected chi connectivity index (χ3v) is 3.83. The Bertz CT molecular complexity index is 895. The molecule has 0 bridgehead atoms. The summed E-state index contributed by atoms with van der Waals surface area (Å²) in [6, 6.07) is 9.60. The number of amides is 2. The highest BCUT2D eigenvalue weighted by molar-refractivity contribution is 9.10. The Balaban J connectivity index is 2.04. The molecule has 4 N–H and O–H groups in total. The second-order valence-corrected chi connectivity index (χ2v) is 6.09. The number of methoxy groups -OCH3 is 1. The zero-order chi connectivity index (χ0) is 19.8. The summed E-state index contributed by atoms with van der Waals surface area (Å²) < 4.78 is 5.73. The number of nitrogens with one attached hydrogen (secondary N) is 2. The number of phenolic OH excluding ortho intramolecular Hbond substituents is 1. The molecule has 0 heterocycles. The molecule has 2 aromatic carbocycles. The van der Waals surface area contributed by atoms with Crippen LogP contribution in [0.4, 0.5) is 0 Å². The first-order valence-corrected chi connectivity index (χ1v) is 8.36. The largest absolute Gasteiger partial charge is 0.504 e. The summed E-state index contributed by atoms with van der Waals surface area (Å²) in [4.78, 5) is 23.0. The van der Waals surface area contributed by atoms with Crippen LogP contribution in [0.25, 0.3) is 6.08 Å². The number of rotatable bonds is 6. The molecule has 8 nitrogen and oxygen atoms in total. The molecular formula is C18H16BrN3O5. The van der Waals surface area contributed by atoms with Crippen LogP contribution in [0.3, 0.4) is 0 Å². The van der Waals surface area contributed by atoms with Gasteiger partial charge < -0.3 is 9.84 Å². The SMILES string of the molecule is COc1cc(Br)cc(/C=N/NC(=O)c2ccc(/C=C/C(=O)NO)cc2)c1O. The average molecular weight is 434 g/mol. The Morgan fingerprint density at radius 2 is 1.93 bits per heavy atom. The number of aromatic hydroxyl groups is 1. The second-order valence-electron chi connectivity index (χ2n) is 5.18. The van der Waals surface area contributed by atoms with Crippen molar-refractivity contribution in [2.45, 2.75) is 0 Å². The quantitative estimate of drug-likeness (QED) is 0.241. The topological polar surface area (TPSA) is 120 Å². The predicted molar refractivity (Wildman–Crippen MR) is 103 cm³/mol. The minimum atomic E-state index is -0.654. The Kier molecular flexibility index (Phi) is 7.09. The highest BCUT2D eigenvalue weighted by Gasteiger charge is 2.09. The predicted octanol–water partition coefficient (Wildman–Crippen LogP) is 2.45. The second kappa shape index (κ2) is 9.51. The number of nitrogens with zero attached hydrogens (tertiary/aromatic N) is 1. The lowest BCUT2D eigenvalue weighted by Gasteiger charge is -2.06. The highest BCUT2D eigenvalue weighted by Crippen LogP contribution is 2.32. The Labute approximate surface area is 163 Å². The fourth-order valence-electron chi connectivity index (χ4n) is 2.03. The van der Waals surface area contributed by atoms with E-state index in [2.05, 4.69) is 26.5 Å². The van der Waals surface area contributed by atoms with E-state index in [0.29, 0.717) is 21.2 Å². The number of hydrogen-bond donors (Lipinski definition) is 4.